The fraction of sp³-hybridized carbons (Fsp3) is 0.667. The van der Waals surface area contributed by atoms with Crippen molar-refractivity contribution >= 4 is 33.3 Å². The zero-order chi connectivity index (χ0) is 22.1. The number of carbonyl (C=O) groups excluding carboxylic acids is 1. The molecule has 1 unspecified atom stereocenters. The minimum Gasteiger partial charge on any atom is -0.352 e. The number of aromatic nitrogens is 1. The molecule has 3 heterocycles. The largest absolute Gasteiger partial charge is 0.417 e. The van der Waals surface area contributed by atoms with Gasteiger partial charge in [-0.1, -0.05) is 18.5 Å². The van der Waals surface area contributed by atoms with Crippen LogP contribution in [0.2, 0.25) is 5.02 Å². The predicted octanol–water partition coefficient (Wildman–Crippen LogP) is 2.61. The second kappa shape index (κ2) is 8.88. The molecule has 2 aliphatic heterocycles. The first-order chi connectivity index (χ1) is 14.0. The number of hydrogen-bond donors (Lipinski definition) is 0. The molecule has 0 radical (unpaired) electrons. The maximum atomic E-state index is 13.0. The Morgan fingerprint density at radius 3 is 2.47 bits per heavy atom. The molecular weight excluding hydrogens is 445 g/mol. The van der Waals surface area contributed by atoms with Crippen LogP contribution in [0, 0.1) is 0 Å². The number of carbonyl (C=O) groups is 1. The molecule has 168 valence electrons. The van der Waals surface area contributed by atoms with Crippen molar-refractivity contribution in [1.82, 2.24) is 14.2 Å². The van der Waals surface area contributed by atoms with Crippen LogP contribution in [0.25, 0.3) is 0 Å². The maximum absolute atomic E-state index is 13.0. The Kier molecular flexibility index (Phi) is 6.83. The van der Waals surface area contributed by atoms with Crippen molar-refractivity contribution in [3.8, 4) is 0 Å². The summed E-state index contributed by atoms with van der Waals surface area (Å²) in [6.45, 7) is 3.45. The molecule has 1 aromatic rings. The van der Waals surface area contributed by atoms with Crippen molar-refractivity contribution < 1.29 is 26.4 Å². The van der Waals surface area contributed by atoms with E-state index in [1.54, 1.807) is 16.7 Å². The van der Waals surface area contributed by atoms with Gasteiger partial charge in [-0.3, -0.25) is 4.79 Å². The Bertz CT molecular complexity index is 889. The minimum absolute atomic E-state index is 0.0165. The van der Waals surface area contributed by atoms with Gasteiger partial charge in [-0.05, 0) is 25.3 Å². The molecule has 30 heavy (non-hydrogen) atoms. The fourth-order valence-electron chi connectivity index (χ4n) is 3.86. The molecule has 0 spiro atoms. The third-order valence-electron chi connectivity index (χ3n) is 5.35. The lowest BCUT2D eigenvalue weighted by molar-refractivity contribution is -0.138. The molecule has 0 saturated carbocycles. The summed E-state index contributed by atoms with van der Waals surface area (Å²) in [4.78, 5) is 20.2. The summed E-state index contributed by atoms with van der Waals surface area (Å²) in [6, 6.07) is 0.164. The van der Waals surface area contributed by atoms with Crippen molar-refractivity contribution in [1.29, 1.82) is 0 Å². The predicted molar refractivity (Wildman–Crippen MR) is 107 cm³/mol. The van der Waals surface area contributed by atoms with Crippen molar-refractivity contribution in [2.45, 2.75) is 38.4 Å². The van der Waals surface area contributed by atoms with E-state index in [0.717, 1.165) is 12.3 Å². The Balaban J connectivity index is 1.65. The Morgan fingerprint density at radius 1 is 1.23 bits per heavy atom. The van der Waals surface area contributed by atoms with Gasteiger partial charge in [-0.25, -0.2) is 13.4 Å². The highest BCUT2D eigenvalue weighted by atomic mass is 35.5. The lowest BCUT2D eigenvalue weighted by atomic mass is 10.2. The number of alkyl halides is 3. The molecule has 1 aromatic heterocycles. The van der Waals surface area contributed by atoms with Gasteiger partial charge in [0.15, 0.2) is 0 Å². The highest BCUT2D eigenvalue weighted by Crippen LogP contribution is 2.34. The van der Waals surface area contributed by atoms with Crippen molar-refractivity contribution in [2.75, 3.05) is 43.4 Å². The molecular formula is C18H24ClF3N4O3S. The number of halogens is 4. The van der Waals surface area contributed by atoms with E-state index in [-0.39, 0.29) is 22.5 Å². The van der Waals surface area contributed by atoms with E-state index in [2.05, 4.69) is 4.98 Å². The summed E-state index contributed by atoms with van der Waals surface area (Å²) in [5.41, 5.74) is -0.917. The highest BCUT2D eigenvalue weighted by Gasteiger charge is 2.40. The Hall–Kier alpha value is -1.59. The van der Waals surface area contributed by atoms with Gasteiger partial charge in [-0.2, -0.15) is 17.5 Å². The summed E-state index contributed by atoms with van der Waals surface area (Å²) in [7, 11) is -3.46. The topological polar surface area (TPSA) is 73.8 Å². The molecule has 0 N–H and O–H groups in total. The summed E-state index contributed by atoms with van der Waals surface area (Å²) in [5.74, 6) is 0.0333. The summed E-state index contributed by atoms with van der Waals surface area (Å²) < 4.78 is 64.6. The molecule has 2 aliphatic rings. The number of rotatable bonds is 5. The van der Waals surface area contributed by atoms with E-state index < -0.39 is 27.8 Å². The Morgan fingerprint density at radius 2 is 1.90 bits per heavy atom. The molecule has 1 amide bonds. The number of piperazine rings is 1. The number of hydrogen-bond acceptors (Lipinski definition) is 5. The second-order valence-corrected chi connectivity index (χ2v) is 9.87. The zero-order valence-electron chi connectivity index (χ0n) is 16.5. The van der Waals surface area contributed by atoms with Gasteiger partial charge >= 0.3 is 6.18 Å². The Labute approximate surface area is 178 Å². The third-order valence-corrected chi connectivity index (χ3v) is 7.70. The summed E-state index contributed by atoms with van der Waals surface area (Å²) in [6.07, 6.45) is -2.16. The summed E-state index contributed by atoms with van der Waals surface area (Å²) >= 11 is 6.01. The van der Waals surface area contributed by atoms with Gasteiger partial charge in [0.2, 0.25) is 15.9 Å². The molecule has 7 nitrogen and oxygen atoms in total. The van der Waals surface area contributed by atoms with Crippen LogP contribution in [0.1, 0.15) is 31.7 Å². The van der Waals surface area contributed by atoms with E-state index in [9.17, 15) is 26.4 Å². The van der Waals surface area contributed by atoms with Crippen LogP contribution in [0.5, 0.6) is 0 Å². The van der Waals surface area contributed by atoms with Gasteiger partial charge in [0.05, 0.1) is 16.3 Å². The molecule has 12 heteroatoms. The van der Waals surface area contributed by atoms with Crippen LogP contribution in [0.3, 0.4) is 0 Å². The molecule has 0 aliphatic carbocycles. The first-order valence-electron chi connectivity index (χ1n) is 9.80. The van der Waals surface area contributed by atoms with E-state index in [0.29, 0.717) is 52.0 Å². The standard InChI is InChI=1S/C18H24ClF3N4O3S/c1-2-10-30(28,29)26-5-3-4-15(26)17(27)25-8-6-24(7-9-25)16-14(19)11-13(12-23-16)18(20,21)22/h11-12,15H,2-10H2,1H3. The van der Waals surface area contributed by atoms with Gasteiger partial charge in [0, 0.05) is 38.9 Å². The van der Waals surface area contributed by atoms with Crippen molar-refractivity contribution in [2.24, 2.45) is 0 Å². The number of sulfonamides is 1. The molecule has 1 atom stereocenters. The number of pyridine rings is 1. The van der Waals surface area contributed by atoms with Crippen molar-refractivity contribution in [3.05, 3.63) is 22.8 Å². The third kappa shape index (κ3) is 4.83. The zero-order valence-corrected chi connectivity index (χ0v) is 18.1. The quantitative estimate of drug-likeness (QED) is 0.664. The molecule has 2 fully saturated rings. The van der Waals surface area contributed by atoms with Gasteiger partial charge in [0.25, 0.3) is 0 Å². The maximum Gasteiger partial charge on any atom is 0.417 e. The first-order valence-corrected chi connectivity index (χ1v) is 11.8. The van der Waals surface area contributed by atoms with Gasteiger partial charge in [-0.15, -0.1) is 0 Å². The van der Waals surface area contributed by atoms with Crippen LogP contribution in [-0.2, 0) is 21.0 Å². The molecule has 3 rings (SSSR count). The minimum atomic E-state index is -4.52. The smallest absolute Gasteiger partial charge is 0.352 e. The molecule has 0 aromatic carbocycles. The first kappa shape index (κ1) is 23.1. The van der Waals surface area contributed by atoms with Crippen LogP contribution in [-0.4, -0.2) is 73.0 Å². The lowest BCUT2D eigenvalue weighted by Crippen LogP contribution is -2.54. The summed E-state index contributed by atoms with van der Waals surface area (Å²) in [5, 5.41) is -0.0998. The fourth-order valence-corrected chi connectivity index (χ4v) is 5.89. The van der Waals surface area contributed by atoms with Gasteiger partial charge in [0.1, 0.15) is 11.9 Å². The second-order valence-electron chi connectivity index (χ2n) is 7.42. The van der Waals surface area contributed by atoms with Crippen LogP contribution >= 0.6 is 11.6 Å². The average molecular weight is 469 g/mol. The van der Waals surface area contributed by atoms with E-state index in [4.69, 9.17) is 11.6 Å². The van der Waals surface area contributed by atoms with E-state index in [1.165, 1.54) is 4.31 Å². The molecule has 2 saturated heterocycles. The van der Waals surface area contributed by atoms with Crippen LogP contribution in [0.15, 0.2) is 12.3 Å². The highest BCUT2D eigenvalue weighted by molar-refractivity contribution is 7.89. The SMILES string of the molecule is CCCS(=O)(=O)N1CCCC1C(=O)N1CCN(c2ncc(C(F)(F)F)cc2Cl)CC1. The monoisotopic (exact) mass is 468 g/mol. The normalized spacial score (nSPS) is 21.3. The number of anilines is 1. The van der Waals surface area contributed by atoms with Crippen LogP contribution < -0.4 is 4.90 Å². The van der Waals surface area contributed by atoms with E-state index in [1.807, 2.05) is 0 Å². The van der Waals surface area contributed by atoms with Crippen molar-refractivity contribution in [3.63, 3.8) is 0 Å². The van der Waals surface area contributed by atoms with Crippen LogP contribution in [0.4, 0.5) is 19.0 Å². The lowest BCUT2D eigenvalue weighted by Gasteiger charge is -2.38. The van der Waals surface area contributed by atoms with E-state index >= 15 is 0 Å². The number of amides is 1. The molecule has 0 bridgehead atoms. The van der Waals surface area contributed by atoms with Gasteiger partial charge < -0.3 is 9.80 Å². The average Bonchev–Trinajstić information content (AvgIpc) is 3.18. The number of nitrogens with zero attached hydrogens (tertiary/aromatic N) is 4.